The van der Waals surface area contributed by atoms with Crippen LogP contribution in [-0.2, 0) is 11.2 Å². The fourth-order valence-electron chi connectivity index (χ4n) is 3.40. The van der Waals surface area contributed by atoms with Crippen LogP contribution in [0.25, 0.3) is 0 Å². The molecular formula is C16H25Cl2N3O. The molecule has 1 spiro atoms. The van der Waals surface area contributed by atoms with E-state index >= 15 is 0 Å². The van der Waals surface area contributed by atoms with Gasteiger partial charge in [-0.2, -0.15) is 0 Å². The van der Waals surface area contributed by atoms with Crippen LogP contribution in [0.1, 0.15) is 24.8 Å². The van der Waals surface area contributed by atoms with Crippen molar-refractivity contribution in [3.05, 3.63) is 30.1 Å². The van der Waals surface area contributed by atoms with Gasteiger partial charge in [-0.15, -0.1) is 24.8 Å². The molecule has 0 aromatic carbocycles. The molecule has 124 valence electrons. The molecule has 2 heterocycles. The number of nitrogens with zero attached hydrogens (tertiary/aromatic N) is 2. The Hall–Kier alpha value is -0.840. The molecule has 0 radical (unpaired) electrons. The molecule has 1 saturated carbocycles. The molecule has 3 rings (SSSR count). The standard InChI is InChI=1S/C16H23N3O.2ClH/c1-19(11-4-13-2-7-17-8-3-13)15(20)14-12-16(14)5-9-18-10-6-16;;/h2-3,7-8,14,18H,4-6,9-12H2,1H3;2*1H. The number of carbonyl (C=O) groups excluding carboxylic acids is 1. The first-order valence-electron chi connectivity index (χ1n) is 7.56. The highest BCUT2D eigenvalue weighted by molar-refractivity contribution is 5.85. The highest BCUT2D eigenvalue weighted by Gasteiger charge is 2.58. The van der Waals surface area contributed by atoms with Crippen molar-refractivity contribution in [2.75, 3.05) is 26.7 Å². The number of halogens is 2. The predicted octanol–water partition coefficient (Wildman–Crippen LogP) is 2.32. The number of pyridine rings is 1. The van der Waals surface area contributed by atoms with Crippen LogP contribution in [-0.4, -0.2) is 42.5 Å². The monoisotopic (exact) mass is 345 g/mol. The topological polar surface area (TPSA) is 45.2 Å². The van der Waals surface area contributed by atoms with Gasteiger partial charge in [0.15, 0.2) is 0 Å². The molecule has 1 unspecified atom stereocenters. The molecular weight excluding hydrogens is 321 g/mol. The van der Waals surface area contributed by atoms with E-state index < -0.39 is 0 Å². The van der Waals surface area contributed by atoms with E-state index in [0.29, 0.717) is 11.3 Å². The Morgan fingerprint density at radius 1 is 1.32 bits per heavy atom. The van der Waals surface area contributed by atoms with Crippen molar-refractivity contribution < 1.29 is 4.79 Å². The zero-order valence-electron chi connectivity index (χ0n) is 13.0. The van der Waals surface area contributed by atoms with Gasteiger partial charge >= 0.3 is 0 Å². The number of rotatable bonds is 4. The van der Waals surface area contributed by atoms with Crippen LogP contribution >= 0.6 is 24.8 Å². The number of hydrogen-bond donors (Lipinski definition) is 1. The van der Waals surface area contributed by atoms with E-state index in [4.69, 9.17) is 0 Å². The Kier molecular flexibility index (Phi) is 7.10. The summed E-state index contributed by atoms with van der Waals surface area (Å²) in [6, 6.07) is 4.04. The lowest BCUT2D eigenvalue weighted by Crippen LogP contribution is -2.35. The molecule has 1 N–H and O–H groups in total. The molecule has 1 aromatic rings. The van der Waals surface area contributed by atoms with Crippen molar-refractivity contribution in [2.45, 2.75) is 25.7 Å². The van der Waals surface area contributed by atoms with Gasteiger partial charge in [0.25, 0.3) is 0 Å². The second kappa shape index (κ2) is 8.14. The number of hydrogen-bond acceptors (Lipinski definition) is 3. The number of aromatic nitrogens is 1. The lowest BCUT2D eigenvalue weighted by molar-refractivity contribution is -0.132. The average molecular weight is 346 g/mol. The summed E-state index contributed by atoms with van der Waals surface area (Å²) in [5.41, 5.74) is 1.58. The molecule has 1 amide bonds. The zero-order chi connectivity index (χ0) is 14.0. The summed E-state index contributed by atoms with van der Waals surface area (Å²) in [6.45, 7) is 2.95. The molecule has 1 aliphatic heterocycles. The zero-order valence-corrected chi connectivity index (χ0v) is 14.6. The summed E-state index contributed by atoms with van der Waals surface area (Å²) in [4.78, 5) is 18.4. The van der Waals surface area contributed by atoms with E-state index in [1.54, 1.807) is 0 Å². The van der Waals surface area contributed by atoms with Crippen LogP contribution < -0.4 is 5.32 Å². The quantitative estimate of drug-likeness (QED) is 0.910. The maximum Gasteiger partial charge on any atom is 0.226 e. The van der Waals surface area contributed by atoms with E-state index in [0.717, 1.165) is 32.5 Å². The summed E-state index contributed by atoms with van der Waals surface area (Å²) < 4.78 is 0. The molecule has 2 fully saturated rings. The van der Waals surface area contributed by atoms with Crippen LogP contribution in [0.2, 0.25) is 0 Å². The van der Waals surface area contributed by atoms with Gasteiger partial charge in [-0.3, -0.25) is 9.78 Å². The molecule has 1 aliphatic carbocycles. The molecule has 22 heavy (non-hydrogen) atoms. The van der Waals surface area contributed by atoms with Gasteiger partial charge in [0.2, 0.25) is 5.91 Å². The van der Waals surface area contributed by atoms with E-state index in [1.165, 1.54) is 18.4 Å². The predicted molar refractivity (Wildman–Crippen MR) is 92.7 cm³/mol. The summed E-state index contributed by atoms with van der Waals surface area (Å²) in [5, 5.41) is 3.38. The second-order valence-electron chi connectivity index (χ2n) is 6.23. The Labute approximate surface area is 144 Å². The van der Waals surface area contributed by atoms with Crippen molar-refractivity contribution in [3.8, 4) is 0 Å². The fraction of sp³-hybridized carbons (Fsp3) is 0.625. The minimum atomic E-state index is 0. The lowest BCUT2D eigenvalue weighted by atomic mass is 9.91. The van der Waals surface area contributed by atoms with E-state index in [9.17, 15) is 4.79 Å². The third-order valence-electron chi connectivity index (χ3n) is 4.95. The van der Waals surface area contributed by atoms with Gasteiger partial charge < -0.3 is 10.2 Å². The van der Waals surface area contributed by atoms with Gasteiger partial charge in [0.1, 0.15) is 0 Å². The third kappa shape index (κ3) is 4.12. The van der Waals surface area contributed by atoms with E-state index in [2.05, 4.69) is 10.3 Å². The normalized spacial score (nSPS) is 21.4. The lowest BCUT2D eigenvalue weighted by Gasteiger charge is -2.25. The molecule has 4 nitrogen and oxygen atoms in total. The molecule has 1 atom stereocenters. The number of likely N-dealkylation sites (N-methyl/N-ethyl adjacent to an activating group) is 1. The summed E-state index contributed by atoms with van der Waals surface area (Å²) in [6.07, 6.45) is 7.96. The number of carbonyl (C=O) groups is 1. The van der Waals surface area contributed by atoms with Crippen LogP contribution in [0, 0.1) is 11.3 Å². The highest BCUT2D eigenvalue weighted by atomic mass is 35.5. The Bertz CT molecular complexity index is 478. The van der Waals surface area contributed by atoms with Crippen molar-refractivity contribution in [1.82, 2.24) is 15.2 Å². The van der Waals surface area contributed by atoms with Crippen LogP contribution in [0.4, 0.5) is 0 Å². The van der Waals surface area contributed by atoms with Gasteiger partial charge in [-0.1, -0.05) is 0 Å². The fourth-order valence-corrected chi connectivity index (χ4v) is 3.40. The third-order valence-corrected chi connectivity index (χ3v) is 4.95. The Balaban J connectivity index is 0.00000121. The van der Waals surface area contributed by atoms with Crippen molar-refractivity contribution in [2.24, 2.45) is 11.3 Å². The van der Waals surface area contributed by atoms with E-state index in [1.807, 2.05) is 36.5 Å². The summed E-state index contributed by atoms with van der Waals surface area (Å²) in [5.74, 6) is 0.632. The minimum Gasteiger partial charge on any atom is -0.345 e. The van der Waals surface area contributed by atoms with Crippen LogP contribution in [0.3, 0.4) is 0 Å². The average Bonchev–Trinajstić information content (AvgIpc) is 3.19. The largest absolute Gasteiger partial charge is 0.345 e. The van der Waals surface area contributed by atoms with Gasteiger partial charge in [0.05, 0.1) is 0 Å². The molecule has 1 aromatic heterocycles. The van der Waals surface area contributed by atoms with E-state index in [-0.39, 0.29) is 30.7 Å². The van der Waals surface area contributed by atoms with Gasteiger partial charge in [-0.25, -0.2) is 0 Å². The van der Waals surface area contributed by atoms with Crippen LogP contribution in [0.5, 0.6) is 0 Å². The smallest absolute Gasteiger partial charge is 0.226 e. The maximum atomic E-state index is 12.5. The first-order chi connectivity index (χ1) is 9.71. The van der Waals surface area contributed by atoms with Crippen molar-refractivity contribution in [1.29, 1.82) is 0 Å². The van der Waals surface area contributed by atoms with Gasteiger partial charge in [-0.05, 0) is 61.9 Å². The first kappa shape index (κ1) is 19.2. The number of amides is 1. The minimum absolute atomic E-state index is 0. The second-order valence-corrected chi connectivity index (χ2v) is 6.23. The van der Waals surface area contributed by atoms with Crippen LogP contribution in [0.15, 0.2) is 24.5 Å². The molecule has 2 aliphatic rings. The number of nitrogens with one attached hydrogen (secondary N) is 1. The van der Waals surface area contributed by atoms with Crippen molar-refractivity contribution in [3.63, 3.8) is 0 Å². The van der Waals surface area contributed by atoms with Crippen molar-refractivity contribution >= 4 is 30.7 Å². The first-order valence-corrected chi connectivity index (χ1v) is 7.56. The summed E-state index contributed by atoms with van der Waals surface area (Å²) >= 11 is 0. The number of piperidine rings is 1. The molecule has 0 bridgehead atoms. The highest BCUT2D eigenvalue weighted by Crippen LogP contribution is 2.59. The molecule has 6 heteroatoms. The Morgan fingerprint density at radius 2 is 1.95 bits per heavy atom. The SMILES string of the molecule is CN(CCc1ccncc1)C(=O)C1CC12CCNCC2.Cl.Cl. The Morgan fingerprint density at radius 3 is 2.59 bits per heavy atom. The molecule has 1 saturated heterocycles. The van der Waals surface area contributed by atoms with Gasteiger partial charge in [0, 0.05) is 31.9 Å². The maximum absolute atomic E-state index is 12.5. The summed E-state index contributed by atoms with van der Waals surface area (Å²) in [7, 11) is 1.94.